The van der Waals surface area contributed by atoms with Gasteiger partial charge in [-0.15, -0.1) is 0 Å². The highest BCUT2D eigenvalue weighted by Gasteiger charge is 2.28. The number of nitrogens with one attached hydrogen (secondary N) is 1. The fourth-order valence-electron chi connectivity index (χ4n) is 3.84. The topological polar surface area (TPSA) is 58.6 Å². The van der Waals surface area contributed by atoms with Gasteiger partial charge in [0.15, 0.2) is 0 Å². The minimum absolute atomic E-state index is 0.143. The first-order valence-corrected chi connectivity index (χ1v) is 12.3. The molecule has 1 saturated heterocycles. The molecular weight excluding hydrogens is 415 g/mol. The van der Waals surface area contributed by atoms with Crippen molar-refractivity contribution in [3.63, 3.8) is 0 Å². The van der Waals surface area contributed by atoms with Crippen molar-refractivity contribution in [3.8, 4) is 5.75 Å². The Labute approximate surface area is 185 Å². The Hall–Kier alpha value is -2.12. The molecule has 2 aromatic rings. The van der Waals surface area contributed by atoms with E-state index in [9.17, 15) is 12.8 Å². The Kier molecular flexibility index (Phi) is 7.59. The van der Waals surface area contributed by atoms with E-state index in [0.29, 0.717) is 24.5 Å². The smallest absolute Gasteiger partial charge is 0.264 e. The molecule has 1 fully saturated rings. The molecule has 0 radical (unpaired) electrons. The Morgan fingerprint density at radius 1 is 1.16 bits per heavy atom. The summed E-state index contributed by atoms with van der Waals surface area (Å²) in [7, 11) is -3.74. The van der Waals surface area contributed by atoms with E-state index in [0.717, 1.165) is 24.1 Å². The summed E-state index contributed by atoms with van der Waals surface area (Å²) in [6.45, 7) is 9.75. The number of halogens is 1. The zero-order valence-electron chi connectivity index (χ0n) is 18.8. The van der Waals surface area contributed by atoms with Crippen molar-refractivity contribution in [1.82, 2.24) is 5.32 Å². The van der Waals surface area contributed by atoms with E-state index in [1.807, 2.05) is 45.9 Å². The number of hydrogen-bond donors (Lipinski definition) is 1. The van der Waals surface area contributed by atoms with Gasteiger partial charge in [0.25, 0.3) is 10.0 Å². The number of nitrogens with zero attached hydrogens (tertiary/aromatic N) is 1. The van der Waals surface area contributed by atoms with Gasteiger partial charge in [0.1, 0.15) is 11.9 Å². The third-order valence-electron chi connectivity index (χ3n) is 5.57. The van der Waals surface area contributed by atoms with E-state index in [1.54, 1.807) is 24.3 Å². The van der Waals surface area contributed by atoms with Crippen LogP contribution in [0.2, 0.25) is 0 Å². The maximum atomic E-state index is 14.0. The summed E-state index contributed by atoms with van der Waals surface area (Å²) in [5.74, 6) is 0.569. The number of rotatable bonds is 8. The second kappa shape index (κ2) is 10.0. The fourth-order valence-corrected chi connectivity index (χ4v) is 5.54. The minimum atomic E-state index is -3.74. The molecule has 0 unspecified atom stereocenters. The van der Waals surface area contributed by atoms with Gasteiger partial charge in [-0.3, -0.25) is 4.31 Å². The molecule has 0 aliphatic carbocycles. The SMILES string of the molecule is Cc1ccc(N(CC(C)C)S(=O)(=O)c2ccc(OC[C@@H]3CCNC[C@@H]3F)cc2)c(C)c1. The van der Waals surface area contributed by atoms with E-state index in [-0.39, 0.29) is 23.3 Å². The van der Waals surface area contributed by atoms with Gasteiger partial charge in [0.2, 0.25) is 0 Å². The molecule has 0 aromatic heterocycles. The molecule has 2 aromatic carbocycles. The molecule has 0 bridgehead atoms. The maximum absolute atomic E-state index is 14.0. The molecule has 5 nitrogen and oxygen atoms in total. The third kappa shape index (κ3) is 5.77. The van der Waals surface area contributed by atoms with Gasteiger partial charge < -0.3 is 10.1 Å². The third-order valence-corrected chi connectivity index (χ3v) is 7.36. The Bertz CT molecular complexity index is 977. The van der Waals surface area contributed by atoms with E-state index < -0.39 is 16.2 Å². The molecule has 3 rings (SSSR count). The summed E-state index contributed by atoms with van der Waals surface area (Å²) < 4.78 is 48.2. The van der Waals surface area contributed by atoms with Crippen molar-refractivity contribution in [1.29, 1.82) is 0 Å². The van der Waals surface area contributed by atoms with Crippen LogP contribution in [0.15, 0.2) is 47.4 Å². The molecule has 31 heavy (non-hydrogen) atoms. The van der Waals surface area contributed by atoms with E-state index in [1.165, 1.54) is 4.31 Å². The average Bonchev–Trinajstić information content (AvgIpc) is 2.72. The number of hydrogen-bond acceptors (Lipinski definition) is 4. The molecular formula is C24H33FN2O3S. The Morgan fingerprint density at radius 2 is 1.87 bits per heavy atom. The normalized spacial score (nSPS) is 19.4. The van der Waals surface area contributed by atoms with Crippen LogP contribution in [0.25, 0.3) is 0 Å². The molecule has 0 saturated carbocycles. The lowest BCUT2D eigenvalue weighted by Gasteiger charge is -2.28. The van der Waals surface area contributed by atoms with Crippen LogP contribution in [-0.2, 0) is 10.0 Å². The predicted octanol–water partition coefficient (Wildman–Crippen LogP) is 4.48. The second-order valence-electron chi connectivity index (χ2n) is 8.77. The van der Waals surface area contributed by atoms with Crippen LogP contribution in [0.3, 0.4) is 0 Å². The quantitative estimate of drug-likeness (QED) is 0.647. The zero-order chi connectivity index (χ0) is 22.6. The molecule has 1 heterocycles. The maximum Gasteiger partial charge on any atom is 0.264 e. The molecule has 1 N–H and O–H groups in total. The summed E-state index contributed by atoms with van der Waals surface area (Å²) in [5, 5.41) is 3.03. The number of sulfonamides is 1. The highest BCUT2D eigenvalue weighted by Crippen LogP contribution is 2.29. The standard InChI is InChI=1S/C24H33FN2O3S/c1-17(2)15-27(24-10-5-18(3)13-19(24)4)31(28,29)22-8-6-21(7-9-22)30-16-20-11-12-26-14-23(20)25/h5-10,13,17,20,23,26H,11-12,14-16H2,1-4H3/t20-,23-/m0/s1. The van der Waals surface area contributed by atoms with Crippen LogP contribution in [0.4, 0.5) is 10.1 Å². The van der Waals surface area contributed by atoms with E-state index in [2.05, 4.69) is 5.32 Å². The first-order chi connectivity index (χ1) is 14.7. The lowest BCUT2D eigenvalue weighted by molar-refractivity contribution is 0.122. The van der Waals surface area contributed by atoms with Crippen molar-refractivity contribution < 1.29 is 17.5 Å². The number of ether oxygens (including phenoxy) is 1. The van der Waals surface area contributed by atoms with Crippen molar-refractivity contribution in [2.75, 3.05) is 30.5 Å². The largest absolute Gasteiger partial charge is 0.493 e. The number of benzene rings is 2. The van der Waals surface area contributed by atoms with E-state index in [4.69, 9.17) is 4.74 Å². The number of aryl methyl sites for hydroxylation is 2. The molecule has 0 amide bonds. The summed E-state index contributed by atoms with van der Waals surface area (Å²) in [5.41, 5.74) is 2.71. The van der Waals surface area contributed by atoms with Gasteiger partial charge in [0, 0.05) is 19.0 Å². The summed E-state index contributed by atoms with van der Waals surface area (Å²) in [6, 6.07) is 12.2. The fraction of sp³-hybridized carbons (Fsp3) is 0.500. The highest BCUT2D eigenvalue weighted by atomic mass is 32.2. The molecule has 0 spiro atoms. The Balaban J connectivity index is 1.79. The van der Waals surface area contributed by atoms with Crippen molar-refractivity contribution >= 4 is 15.7 Å². The summed E-state index contributed by atoms with van der Waals surface area (Å²) in [4.78, 5) is 0.214. The van der Waals surface area contributed by atoms with Crippen LogP contribution >= 0.6 is 0 Å². The molecule has 1 aliphatic heterocycles. The Morgan fingerprint density at radius 3 is 2.48 bits per heavy atom. The van der Waals surface area contributed by atoms with Crippen LogP contribution < -0.4 is 14.4 Å². The van der Waals surface area contributed by atoms with Crippen LogP contribution in [0.5, 0.6) is 5.75 Å². The summed E-state index contributed by atoms with van der Waals surface area (Å²) in [6.07, 6.45) is -0.191. The van der Waals surface area contributed by atoms with Gasteiger partial charge in [0.05, 0.1) is 17.2 Å². The monoisotopic (exact) mass is 448 g/mol. The molecule has 1 aliphatic rings. The van der Waals surface area contributed by atoms with Crippen LogP contribution in [0.1, 0.15) is 31.4 Å². The molecule has 170 valence electrons. The average molecular weight is 449 g/mol. The van der Waals surface area contributed by atoms with Crippen molar-refractivity contribution in [2.24, 2.45) is 11.8 Å². The minimum Gasteiger partial charge on any atom is -0.493 e. The number of piperidine rings is 1. The van der Waals surface area contributed by atoms with Crippen molar-refractivity contribution in [2.45, 2.75) is 45.2 Å². The zero-order valence-corrected chi connectivity index (χ0v) is 19.6. The number of alkyl halides is 1. The van der Waals surface area contributed by atoms with Gasteiger partial charge >= 0.3 is 0 Å². The van der Waals surface area contributed by atoms with Gasteiger partial charge in [-0.25, -0.2) is 12.8 Å². The molecule has 7 heteroatoms. The predicted molar refractivity (Wildman–Crippen MR) is 123 cm³/mol. The van der Waals surface area contributed by atoms with Crippen LogP contribution in [0, 0.1) is 25.7 Å². The highest BCUT2D eigenvalue weighted by molar-refractivity contribution is 7.92. The van der Waals surface area contributed by atoms with Gasteiger partial charge in [-0.05, 0) is 68.6 Å². The van der Waals surface area contributed by atoms with Gasteiger partial charge in [-0.1, -0.05) is 31.5 Å². The second-order valence-corrected chi connectivity index (χ2v) is 10.6. The lowest BCUT2D eigenvalue weighted by Crippen LogP contribution is -2.40. The summed E-state index contributed by atoms with van der Waals surface area (Å²) >= 11 is 0. The first kappa shape index (κ1) is 23.5. The van der Waals surface area contributed by atoms with E-state index >= 15 is 0 Å². The lowest BCUT2D eigenvalue weighted by atomic mass is 9.97. The first-order valence-electron chi connectivity index (χ1n) is 10.9. The van der Waals surface area contributed by atoms with Crippen molar-refractivity contribution in [3.05, 3.63) is 53.6 Å². The molecule has 2 atom stereocenters. The van der Waals surface area contributed by atoms with Gasteiger partial charge in [-0.2, -0.15) is 0 Å². The number of anilines is 1. The van der Waals surface area contributed by atoms with Crippen LogP contribution in [-0.4, -0.2) is 40.8 Å².